The predicted molar refractivity (Wildman–Crippen MR) is 54.4 cm³/mol. The number of esters is 1. The molecule has 3 unspecified atom stereocenters. The normalized spacial score (nSPS) is 32.0. The second-order valence-corrected chi connectivity index (χ2v) is 3.91. The number of aliphatic hydroxyl groups excluding tert-OH is 2. The van der Waals surface area contributed by atoms with Crippen molar-refractivity contribution in [3.05, 3.63) is 35.7 Å². The Hall–Kier alpha value is -1.99. The molecule has 7 heteroatoms. The molecule has 1 aromatic rings. The van der Waals surface area contributed by atoms with Crippen LogP contribution < -0.4 is 0 Å². The molecule has 3 atom stereocenters. The fourth-order valence-electron chi connectivity index (χ4n) is 1.87. The van der Waals surface area contributed by atoms with Gasteiger partial charge in [-0.3, -0.25) is 0 Å². The lowest BCUT2D eigenvalue weighted by molar-refractivity contribution is -0.149. The van der Waals surface area contributed by atoms with E-state index in [-0.39, 0.29) is 6.61 Å². The van der Waals surface area contributed by atoms with Gasteiger partial charge in [-0.1, -0.05) is 0 Å². The van der Waals surface area contributed by atoms with Crippen LogP contribution in [0.4, 0.5) is 0 Å². The van der Waals surface area contributed by atoms with Crippen molar-refractivity contribution in [1.29, 1.82) is 0 Å². The second kappa shape index (κ2) is 4.04. The van der Waals surface area contributed by atoms with E-state index in [1.165, 1.54) is 6.26 Å². The van der Waals surface area contributed by atoms with E-state index in [0.717, 1.165) is 0 Å². The maximum Gasteiger partial charge on any atom is 0.377 e. The van der Waals surface area contributed by atoms with Crippen LogP contribution >= 0.6 is 0 Å². The van der Waals surface area contributed by atoms with Gasteiger partial charge in [0.15, 0.2) is 17.6 Å². The Bertz CT molecular complexity index is 489. The quantitative estimate of drug-likeness (QED) is 0.758. The molecule has 0 aliphatic carbocycles. The standard InChI is InChI=1S/C11H10O7/c12-7-8(13)10(14)18-9(7)6-4-16-11(17-6)5-2-1-3-15-5/h1-3,6,9,11-13H,4H2. The van der Waals surface area contributed by atoms with E-state index in [2.05, 4.69) is 0 Å². The topological polar surface area (TPSA) is 98.4 Å². The third-order valence-electron chi connectivity index (χ3n) is 2.76. The summed E-state index contributed by atoms with van der Waals surface area (Å²) in [6.07, 6.45) is -0.959. The van der Waals surface area contributed by atoms with E-state index in [9.17, 15) is 15.0 Å². The van der Waals surface area contributed by atoms with Gasteiger partial charge in [0.05, 0.1) is 12.9 Å². The Kier molecular flexibility index (Phi) is 2.49. The summed E-state index contributed by atoms with van der Waals surface area (Å²) < 4.78 is 20.7. The van der Waals surface area contributed by atoms with Gasteiger partial charge in [-0.25, -0.2) is 4.79 Å². The average molecular weight is 254 g/mol. The van der Waals surface area contributed by atoms with Crippen LogP contribution in [0.1, 0.15) is 12.1 Å². The number of carbonyl (C=O) groups excluding carboxylic acids is 1. The Balaban J connectivity index is 1.72. The highest BCUT2D eigenvalue weighted by Gasteiger charge is 2.45. The van der Waals surface area contributed by atoms with E-state index in [0.29, 0.717) is 5.76 Å². The molecule has 0 amide bonds. The summed E-state index contributed by atoms with van der Waals surface area (Å²) in [5, 5.41) is 18.7. The lowest BCUT2D eigenvalue weighted by atomic mass is 10.2. The minimum Gasteiger partial charge on any atom is -0.505 e. The third kappa shape index (κ3) is 1.64. The number of hydrogen-bond acceptors (Lipinski definition) is 7. The van der Waals surface area contributed by atoms with E-state index in [4.69, 9.17) is 18.6 Å². The number of hydrogen-bond donors (Lipinski definition) is 2. The zero-order valence-corrected chi connectivity index (χ0v) is 9.11. The van der Waals surface area contributed by atoms with Gasteiger partial charge in [-0.15, -0.1) is 0 Å². The van der Waals surface area contributed by atoms with Crippen molar-refractivity contribution in [2.24, 2.45) is 0 Å². The first-order chi connectivity index (χ1) is 8.66. The highest BCUT2D eigenvalue weighted by Crippen LogP contribution is 2.33. The molecule has 3 heterocycles. The third-order valence-corrected chi connectivity index (χ3v) is 2.76. The van der Waals surface area contributed by atoms with Crippen molar-refractivity contribution in [2.45, 2.75) is 18.5 Å². The predicted octanol–water partition coefficient (Wildman–Crippen LogP) is 0.947. The van der Waals surface area contributed by atoms with Gasteiger partial charge in [0.2, 0.25) is 12.0 Å². The van der Waals surface area contributed by atoms with Gasteiger partial charge < -0.3 is 28.8 Å². The van der Waals surface area contributed by atoms with Gasteiger partial charge >= 0.3 is 5.97 Å². The first kappa shape index (κ1) is 11.1. The van der Waals surface area contributed by atoms with E-state index in [1.54, 1.807) is 12.1 Å². The highest BCUT2D eigenvalue weighted by atomic mass is 16.7. The molecule has 2 aliphatic rings. The number of furan rings is 1. The molecule has 3 rings (SSSR count). The van der Waals surface area contributed by atoms with E-state index >= 15 is 0 Å². The Morgan fingerprint density at radius 2 is 2.17 bits per heavy atom. The van der Waals surface area contributed by atoms with Crippen LogP contribution in [0.5, 0.6) is 0 Å². The maximum atomic E-state index is 11.1. The van der Waals surface area contributed by atoms with Crippen LogP contribution in [-0.2, 0) is 19.0 Å². The molecule has 18 heavy (non-hydrogen) atoms. The van der Waals surface area contributed by atoms with Crippen molar-refractivity contribution in [3.63, 3.8) is 0 Å². The molecule has 0 radical (unpaired) electrons. The summed E-state index contributed by atoms with van der Waals surface area (Å²) in [6.45, 7) is 0.112. The van der Waals surface area contributed by atoms with Gasteiger partial charge in [-0.05, 0) is 12.1 Å². The van der Waals surface area contributed by atoms with Crippen LogP contribution in [0.15, 0.2) is 34.3 Å². The zero-order chi connectivity index (χ0) is 12.7. The first-order valence-corrected chi connectivity index (χ1v) is 5.30. The molecular weight excluding hydrogens is 244 g/mol. The molecule has 0 spiro atoms. The number of cyclic esters (lactones) is 1. The number of ether oxygens (including phenoxy) is 3. The summed E-state index contributed by atoms with van der Waals surface area (Å²) >= 11 is 0. The van der Waals surface area contributed by atoms with Crippen molar-refractivity contribution in [1.82, 2.24) is 0 Å². The van der Waals surface area contributed by atoms with E-state index < -0.39 is 36.0 Å². The Morgan fingerprint density at radius 1 is 1.33 bits per heavy atom. The second-order valence-electron chi connectivity index (χ2n) is 3.91. The minimum atomic E-state index is -1.04. The van der Waals surface area contributed by atoms with Crippen LogP contribution in [0.2, 0.25) is 0 Å². The Morgan fingerprint density at radius 3 is 2.78 bits per heavy atom. The van der Waals surface area contributed by atoms with Gasteiger partial charge in [-0.2, -0.15) is 0 Å². The molecule has 2 aliphatic heterocycles. The van der Waals surface area contributed by atoms with Crippen molar-refractivity contribution >= 4 is 5.97 Å². The van der Waals surface area contributed by atoms with E-state index in [1.807, 2.05) is 0 Å². The summed E-state index contributed by atoms with van der Waals surface area (Å²) in [7, 11) is 0. The minimum absolute atomic E-state index is 0.112. The molecule has 1 fully saturated rings. The molecule has 0 bridgehead atoms. The fraction of sp³-hybridized carbons (Fsp3) is 0.364. The number of aliphatic hydroxyl groups is 2. The molecule has 96 valence electrons. The van der Waals surface area contributed by atoms with Crippen LogP contribution in [0, 0.1) is 0 Å². The van der Waals surface area contributed by atoms with Crippen LogP contribution in [0.3, 0.4) is 0 Å². The first-order valence-electron chi connectivity index (χ1n) is 5.30. The SMILES string of the molecule is O=C1OC(C2COC(c3ccco3)O2)C(O)=C1O. The van der Waals surface area contributed by atoms with Crippen molar-refractivity contribution in [3.8, 4) is 0 Å². The smallest absolute Gasteiger partial charge is 0.377 e. The largest absolute Gasteiger partial charge is 0.505 e. The summed E-state index contributed by atoms with van der Waals surface area (Å²) in [5.74, 6) is -1.81. The highest BCUT2D eigenvalue weighted by molar-refractivity contribution is 5.89. The number of rotatable bonds is 2. The number of carbonyl (C=O) groups is 1. The molecular formula is C11H10O7. The zero-order valence-electron chi connectivity index (χ0n) is 9.11. The van der Waals surface area contributed by atoms with Gasteiger partial charge in [0.25, 0.3) is 0 Å². The molecule has 7 nitrogen and oxygen atoms in total. The van der Waals surface area contributed by atoms with Crippen LogP contribution in [0.25, 0.3) is 0 Å². The summed E-state index contributed by atoms with van der Waals surface area (Å²) in [6, 6.07) is 3.37. The molecule has 2 N–H and O–H groups in total. The molecule has 1 aromatic heterocycles. The Labute approximate surface area is 101 Å². The molecule has 0 saturated carbocycles. The fourth-order valence-corrected chi connectivity index (χ4v) is 1.87. The van der Waals surface area contributed by atoms with Crippen molar-refractivity contribution in [2.75, 3.05) is 6.61 Å². The maximum absolute atomic E-state index is 11.1. The van der Waals surface area contributed by atoms with Crippen LogP contribution in [-0.4, -0.2) is 35.0 Å². The summed E-state index contributed by atoms with van der Waals surface area (Å²) in [5.41, 5.74) is 0. The summed E-state index contributed by atoms with van der Waals surface area (Å²) in [4.78, 5) is 11.1. The van der Waals surface area contributed by atoms with Gasteiger partial charge in [0, 0.05) is 0 Å². The molecule has 0 aromatic carbocycles. The molecule has 1 saturated heterocycles. The monoisotopic (exact) mass is 254 g/mol. The van der Waals surface area contributed by atoms with Crippen molar-refractivity contribution < 1.29 is 33.6 Å². The lowest BCUT2D eigenvalue weighted by Gasteiger charge is -2.15. The van der Waals surface area contributed by atoms with Gasteiger partial charge in [0.1, 0.15) is 6.10 Å². The average Bonchev–Trinajstić information content (AvgIpc) is 3.05. The lowest BCUT2D eigenvalue weighted by Crippen LogP contribution is -2.30.